The van der Waals surface area contributed by atoms with Crippen LogP contribution in [0.15, 0.2) is 30.3 Å². The van der Waals surface area contributed by atoms with E-state index in [2.05, 4.69) is 4.74 Å². The fourth-order valence-electron chi connectivity index (χ4n) is 1.35. The van der Waals surface area contributed by atoms with Crippen molar-refractivity contribution >= 4 is 17.6 Å². The molecule has 0 aliphatic rings. The highest BCUT2D eigenvalue weighted by molar-refractivity contribution is 6.22. The van der Waals surface area contributed by atoms with Crippen molar-refractivity contribution in [2.75, 3.05) is 7.11 Å². The Labute approximate surface area is 95.2 Å². The molecule has 1 unspecified atom stereocenters. The van der Waals surface area contributed by atoms with E-state index in [1.54, 1.807) is 6.92 Å². The number of hydrogen-bond donors (Lipinski definition) is 0. The van der Waals surface area contributed by atoms with Gasteiger partial charge in [0.1, 0.15) is 0 Å². The van der Waals surface area contributed by atoms with Gasteiger partial charge in [-0.25, -0.2) is 0 Å². The monoisotopic (exact) mass is 226 g/mol. The number of alkyl halides is 1. The van der Waals surface area contributed by atoms with Gasteiger partial charge in [0.2, 0.25) is 0 Å². The second kappa shape index (κ2) is 5.76. The van der Waals surface area contributed by atoms with Crippen molar-refractivity contribution in [3.05, 3.63) is 35.9 Å². The van der Waals surface area contributed by atoms with E-state index < -0.39 is 0 Å². The first-order valence-corrected chi connectivity index (χ1v) is 5.34. The van der Waals surface area contributed by atoms with Crippen LogP contribution in [0, 0.1) is 5.92 Å². The van der Waals surface area contributed by atoms with E-state index in [9.17, 15) is 4.79 Å². The molecule has 0 aliphatic carbocycles. The zero-order valence-corrected chi connectivity index (χ0v) is 9.70. The molecule has 15 heavy (non-hydrogen) atoms. The Kier molecular flexibility index (Phi) is 4.63. The van der Waals surface area contributed by atoms with Gasteiger partial charge in [-0.3, -0.25) is 4.79 Å². The molecule has 0 saturated carbocycles. The Morgan fingerprint density at radius 3 is 2.53 bits per heavy atom. The number of hydrogen-bond acceptors (Lipinski definition) is 2. The smallest absolute Gasteiger partial charge is 0.309 e. The second-order valence-corrected chi connectivity index (χ2v) is 4.08. The average Bonchev–Trinajstić information content (AvgIpc) is 2.28. The molecule has 0 aliphatic heterocycles. The summed E-state index contributed by atoms with van der Waals surface area (Å²) >= 11 is 6.14. The average molecular weight is 227 g/mol. The van der Waals surface area contributed by atoms with Gasteiger partial charge in [0.25, 0.3) is 0 Å². The third-order valence-corrected chi connectivity index (χ3v) is 2.92. The molecule has 0 radical (unpaired) electrons. The topological polar surface area (TPSA) is 26.3 Å². The zero-order valence-electron chi connectivity index (χ0n) is 8.94. The maximum Gasteiger partial charge on any atom is 0.309 e. The molecule has 0 bridgehead atoms. The summed E-state index contributed by atoms with van der Waals surface area (Å²) < 4.78 is 4.65. The van der Waals surface area contributed by atoms with Gasteiger partial charge in [0, 0.05) is 0 Å². The van der Waals surface area contributed by atoms with Gasteiger partial charge in [-0.2, -0.15) is 0 Å². The van der Waals surface area contributed by atoms with E-state index in [0.29, 0.717) is 6.42 Å². The number of rotatable bonds is 4. The summed E-state index contributed by atoms with van der Waals surface area (Å²) in [7, 11) is 1.38. The van der Waals surface area contributed by atoms with Crippen LogP contribution < -0.4 is 0 Å². The number of methoxy groups -OCH3 is 1. The third-order valence-electron chi connectivity index (χ3n) is 2.39. The molecule has 1 aromatic carbocycles. The molecule has 0 aromatic heterocycles. The van der Waals surface area contributed by atoms with Crippen molar-refractivity contribution < 1.29 is 9.53 Å². The summed E-state index contributed by atoms with van der Waals surface area (Å²) in [4.78, 5) is 11.2. The highest BCUT2D eigenvalue weighted by atomic mass is 35.5. The van der Waals surface area contributed by atoms with Crippen LogP contribution in [0.3, 0.4) is 0 Å². The molecule has 1 rings (SSSR count). The molecule has 0 fully saturated rings. The lowest BCUT2D eigenvalue weighted by Gasteiger charge is -2.15. The van der Waals surface area contributed by atoms with Crippen molar-refractivity contribution in [1.82, 2.24) is 0 Å². The minimum absolute atomic E-state index is 0.222. The first-order valence-electron chi connectivity index (χ1n) is 4.91. The fraction of sp³-hybridized carbons (Fsp3) is 0.417. The van der Waals surface area contributed by atoms with Crippen LogP contribution in [-0.2, 0) is 16.0 Å². The molecule has 0 saturated heterocycles. The summed E-state index contributed by atoms with van der Waals surface area (Å²) in [5.74, 6) is -0.539. The highest BCUT2D eigenvalue weighted by Crippen LogP contribution is 2.17. The first-order chi connectivity index (χ1) is 7.15. The Bertz CT molecular complexity index is 311. The van der Waals surface area contributed by atoms with Crippen LogP contribution >= 0.6 is 11.6 Å². The predicted molar refractivity (Wildman–Crippen MR) is 61.0 cm³/mol. The van der Waals surface area contributed by atoms with Gasteiger partial charge in [0.05, 0.1) is 18.4 Å². The molecular formula is C12H15ClO2. The molecule has 1 aromatic rings. The first kappa shape index (κ1) is 12.1. The largest absolute Gasteiger partial charge is 0.469 e. The molecule has 0 amide bonds. The van der Waals surface area contributed by atoms with Crippen molar-refractivity contribution in [3.8, 4) is 0 Å². The number of benzene rings is 1. The Balaban J connectivity index is 2.56. The highest BCUT2D eigenvalue weighted by Gasteiger charge is 2.22. The lowest BCUT2D eigenvalue weighted by atomic mass is 10.0. The van der Waals surface area contributed by atoms with Crippen LogP contribution in [0.4, 0.5) is 0 Å². The van der Waals surface area contributed by atoms with Gasteiger partial charge in [-0.05, 0) is 12.0 Å². The second-order valence-electron chi connectivity index (χ2n) is 3.52. The molecule has 3 heteroatoms. The van der Waals surface area contributed by atoms with Crippen molar-refractivity contribution in [2.45, 2.75) is 18.7 Å². The van der Waals surface area contributed by atoms with Gasteiger partial charge in [0.15, 0.2) is 0 Å². The van der Waals surface area contributed by atoms with E-state index in [1.807, 2.05) is 30.3 Å². The lowest BCUT2D eigenvalue weighted by molar-refractivity contribution is -0.144. The number of ether oxygens (including phenoxy) is 1. The summed E-state index contributed by atoms with van der Waals surface area (Å²) in [5, 5.41) is -0.222. The summed E-state index contributed by atoms with van der Waals surface area (Å²) in [6, 6.07) is 9.87. The normalized spacial score (nSPS) is 14.3. The number of halogens is 1. The molecule has 2 nitrogen and oxygen atoms in total. The van der Waals surface area contributed by atoms with Crippen LogP contribution in [0.1, 0.15) is 12.5 Å². The minimum atomic E-state index is -0.281. The van der Waals surface area contributed by atoms with E-state index in [4.69, 9.17) is 11.6 Å². The van der Waals surface area contributed by atoms with Crippen molar-refractivity contribution in [1.29, 1.82) is 0 Å². The molecule has 0 N–H and O–H groups in total. The Hall–Kier alpha value is -1.02. The standard InChI is InChI=1S/C12H15ClO2/c1-9(12(14)15-2)11(13)8-10-6-4-3-5-7-10/h3-7,9,11H,8H2,1-2H3/t9-,11?/m1/s1. The molecular weight excluding hydrogens is 212 g/mol. The molecule has 2 atom stereocenters. The summed E-state index contributed by atoms with van der Waals surface area (Å²) in [6.07, 6.45) is 0.679. The van der Waals surface area contributed by atoms with Gasteiger partial charge < -0.3 is 4.74 Å². The van der Waals surface area contributed by atoms with Gasteiger partial charge >= 0.3 is 5.97 Å². The maximum absolute atomic E-state index is 11.2. The third kappa shape index (κ3) is 3.56. The minimum Gasteiger partial charge on any atom is -0.469 e. The van der Waals surface area contributed by atoms with E-state index in [1.165, 1.54) is 7.11 Å². The van der Waals surface area contributed by atoms with Crippen LogP contribution in [0.2, 0.25) is 0 Å². The van der Waals surface area contributed by atoms with Crippen molar-refractivity contribution in [3.63, 3.8) is 0 Å². The van der Waals surface area contributed by atoms with Crippen LogP contribution in [0.25, 0.3) is 0 Å². The van der Waals surface area contributed by atoms with Gasteiger partial charge in [-0.15, -0.1) is 11.6 Å². The number of carbonyl (C=O) groups excluding carboxylic acids is 1. The molecule has 0 heterocycles. The maximum atomic E-state index is 11.2. The van der Waals surface area contributed by atoms with E-state index in [-0.39, 0.29) is 17.3 Å². The quantitative estimate of drug-likeness (QED) is 0.583. The van der Waals surface area contributed by atoms with Crippen LogP contribution in [0.5, 0.6) is 0 Å². The predicted octanol–water partition coefficient (Wildman–Crippen LogP) is 2.65. The summed E-state index contributed by atoms with van der Waals surface area (Å²) in [6.45, 7) is 1.78. The number of carbonyl (C=O) groups is 1. The fourth-order valence-corrected chi connectivity index (χ4v) is 1.63. The SMILES string of the molecule is COC(=O)[C@H](C)C(Cl)Cc1ccccc1. The summed E-state index contributed by atoms with van der Waals surface area (Å²) in [5.41, 5.74) is 1.13. The van der Waals surface area contributed by atoms with Crippen molar-refractivity contribution in [2.24, 2.45) is 5.92 Å². The van der Waals surface area contributed by atoms with E-state index >= 15 is 0 Å². The molecule has 0 spiro atoms. The number of esters is 1. The Morgan fingerprint density at radius 2 is 2.00 bits per heavy atom. The Morgan fingerprint density at radius 1 is 1.40 bits per heavy atom. The molecule has 82 valence electrons. The van der Waals surface area contributed by atoms with Crippen LogP contribution in [-0.4, -0.2) is 18.5 Å². The lowest BCUT2D eigenvalue weighted by Crippen LogP contribution is -2.24. The van der Waals surface area contributed by atoms with Gasteiger partial charge in [-0.1, -0.05) is 37.3 Å². The van der Waals surface area contributed by atoms with E-state index in [0.717, 1.165) is 5.56 Å². The zero-order chi connectivity index (χ0) is 11.3.